The van der Waals surface area contributed by atoms with Gasteiger partial charge in [0.25, 0.3) is 0 Å². The molecule has 1 N–H and O–H groups in total. The molecule has 0 saturated carbocycles. The van der Waals surface area contributed by atoms with Gasteiger partial charge in [0, 0.05) is 5.56 Å². The molecular formula is C11H6Cl3NO. The van der Waals surface area contributed by atoms with Crippen molar-refractivity contribution < 1.29 is 5.11 Å². The second-order valence-electron chi connectivity index (χ2n) is 3.12. The number of benzene rings is 1. The fraction of sp³-hybridized carbons (Fsp3) is 0. The lowest BCUT2D eigenvalue weighted by Crippen LogP contribution is -1.85. The molecule has 2 aromatic rings. The van der Waals surface area contributed by atoms with E-state index in [1.165, 1.54) is 12.3 Å². The largest absolute Gasteiger partial charge is 0.506 e. The molecule has 5 heteroatoms. The topological polar surface area (TPSA) is 33.1 Å². The highest BCUT2D eigenvalue weighted by Crippen LogP contribution is 2.37. The van der Waals surface area contributed by atoms with Gasteiger partial charge in [0.15, 0.2) is 0 Å². The van der Waals surface area contributed by atoms with Crippen molar-refractivity contribution in [2.75, 3.05) is 0 Å². The summed E-state index contributed by atoms with van der Waals surface area (Å²) in [6, 6.07) is 6.57. The van der Waals surface area contributed by atoms with Crippen LogP contribution in [-0.4, -0.2) is 10.1 Å². The van der Waals surface area contributed by atoms with Gasteiger partial charge in [-0.15, -0.1) is 0 Å². The SMILES string of the molecule is Oc1ccc(-c2ccc(Cl)c(Cl)c2Cl)nc1. The zero-order chi connectivity index (χ0) is 11.7. The molecule has 0 bridgehead atoms. The van der Waals surface area contributed by atoms with Gasteiger partial charge in [0.1, 0.15) is 5.75 Å². The molecule has 0 radical (unpaired) electrons. The Kier molecular flexibility index (Phi) is 3.24. The van der Waals surface area contributed by atoms with E-state index < -0.39 is 0 Å². The molecule has 1 aromatic heterocycles. The molecule has 82 valence electrons. The third-order valence-corrected chi connectivity index (χ3v) is 3.35. The number of pyridine rings is 1. The highest BCUT2D eigenvalue weighted by Gasteiger charge is 2.11. The Hall–Kier alpha value is -0.960. The summed E-state index contributed by atoms with van der Waals surface area (Å²) >= 11 is 17.8. The van der Waals surface area contributed by atoms with Crippen LogP contribution >= 0.6 is 34.8 Å². The van der Waals surface area contributed by atoms with Gasteiger partial charge in [-0.2, -0.15) is 0 Å². The first-order valence-electron chi connectivity index (χ1n) is 4.38. The number of rotatable bonds is 1. The Morgan fingerprint density at radius 1 is 0.938 bits per heavy atom. The molecule has 0 unspecified atom stereocenters. The molecule has 0 aliphatic heterocycles. The molecule has 2 rings (SSSR count). The van der Waals surface area contributed by atoms with Crippen LogP contribution in [0.5, 0.6) is 5.75 Å². The molecular weight excluding hydrogens is 268 g/mol. The van der Waals surface area contributed by atoms with Gasteiger partial charge in [0.05, 0.1) is 27.0 Å². The number of halogens is 3. The monoisotopic (exact) mass is 273 g/mol. The van der Waals surface area contributed by atoms with Crippen molar-refractivity contribution in [2.24, 2.45) is 0 Å². The fourth-order valence-corrected chi connectivity index (χ4v) is 1.90. The predicted molar refractivity (Wildman–Crippen MR) is 66.4 cm³/mol. The number of hydrogen-bond acceptors (Lipinski definition) is 2. The van der Waals surface area contributed by atoms with E-state index >= 15 is 0 Å². The molecule has 1 heterocycles. The van der Waals surface area contributed by atoms with Crippen LogP contribution in [0.25, 0.3) is 11.3 Å². The quantitative estimate of drug-likeness (QED) is 0.781. The molecule has 0 atom stereocenters. The van der Waals surface area contributed by atoms with Gasteiger partial charge in [-0.1, -0.05) is 34.8 Å². The number of aromatic hydroxyl groups is 1. The highest BCUT2D eigenvalue weighted by atomic mass is 35.5. The molecule has 2 nitrogen and oxygen atoms in total. The first-order chi connectivity index (χ1) is 7.59. The molecule has 0 saturated heterocycles. The van der Waals surface area contributed by atoms with E-state index in [4.69, 9.17) is 39.9 Å². The van der Waals surface area contributed by atoms with Crippen LogP contribution in [0.15, 0.2) is 30.5 Å². The van der Waals surface area contributed by atoms with Crippen LogP contribution in [0.1, 0.15) is 0 Å². The summed E-state index contributed by atoms with van der Waals surface area (Å²) in [5.41, 5.74) is 1.30. The van der Waals surface area contributed by atoms with Gasteiger partial charge in [-0.3, -0.25) is 4.98 Å². The number of hydrogen-bond donors (Lipinski definition) is 1. The number of nitrogens with zero attached hydrogens (tertiary/aromatic N) is 1. The average molecular weight is 275 g/mol. The minimum Gasteiger partial charge on any atom is -0.506 e. The van der Waals surface area contributed by atoms with Gasteiger partial charge >= 0.3 is 0 Å². The first-order valence-corrected chi connectivity index (χ1v) is 5.52. The van der Waals surface area contributed by atoms with E-state index in [1.807, 2.05) is 0 Å². The third-order valence-electron chi connectivity index (χ3n) is 2.06. The lowest BCUT2D eigenvalue weighted by atomic mass is 10.1. The van der Waals surface area contributed by atoms with Crippen molar-refractivity contribution in [1.82, 2.24) is 4.98 Å². The van der Waals surface area contributed by atoms with Crippen molar-refractivity contribution in [3.8, 4) is 17.0 Å². The molecule has 0 amide bonds. The van der Waals surface area contributed by atoms with Gasteiger partial charge in [-0.25, -0.2) is 0 Å². The standard InChI is InChI=1S/C11H6Cl3NO/c12-8-3-2-7(10(13)11(8)14)9-4-1-6(16)5-15-9/h1-5,16H. The van der Waals surface area contributed by atoms with E-state index in [-0.39, 0.29) is 5.75 Å². The second kappa shape index (κ2) is 4.50. The second-order valence-corrected chi connectivity index (χ2v) is 4.29. The van der Waals surface area contributed by atoms with E-state index in [0.29, 0.717) is 26.3 Å². The van der Waals surface area contributed by atoms with Gasteiger partial charge in [0.2, 0.25) is 0 Å². The molecule has 0 aliphatic carbocycles. The van der Waals surface area contributed by atoms with Crippen molar-refractivity contribution >= 4 is 34.8 Å². The van der Waals surface area contributed by atoms with Crippen LogP contribution in [-0.2, 0) is 0 Å². The van der Waals surface area contributed by atoms with Crippen LogP contribution in [0, 0.1) is 0 Å². The summed E-state index contributed by atoms with van der Waals surface area (Å²) in [4.78, 5) is 4.04. The van der Waals surface area contributed by atoms with Crippen molar-refractivity contribution in [3.05, 3.63) is 45.5 Å². The number of aromatic nitrogens is 1. The maximum Gasteiger partial charge on any atom is 0.133 e. The van der Waals surface area contributed by atoms with Crippen LogP contribution in [0.3, 0.4) is 0 Å². The summed E-state index contributed by atoms with van der Waals surface area (Å²) in [6.45, 7) is 0. The van der Waals surface area contributed by atoms with Crippen molar-refractivity contribution in [2.45, 2.75) is 0 Å². The van der Waals surface area contributed by atoms with E-state index in [0.717, 1.165) is 0 Å². The summed E-state index contributed by atoms with van der Waals surface area (Å²) in [5.74, 6) is 0.0972. The predicted octanol–water partition coefficient (Wildman–Crippen LogP) is 4.41. The Balaban J connectivity index is 2.57. The molecule has 1 aromatic carbocycles. The normalized spacial score (nSPS) is 10.4. The van der Waals surface area contributed by atoms with Crippen LogP contribution < -0.4 is 0 Å². The molecule has 0 fully saturated rings. The van der Waals surface area contributed by atoms with Gasteiger partial charge < -0.3 is 5.11 Å². The van der Waals surface area contributed by atoms with Crippen molar-refractivity contribution in [3.63, 3.8) is 0 Å². The Labute approximate surface area is 107 Å². The summed E-state index contributed by atoms with van der Waals surface area (Å²) in [5, 5.41) is 10.2. The summed E-state index contributed by atoms with van der Waals surface area (Å²) in [6.07, 6.45) is 1.34. The van der Waals surface area contributed by atoms with Crippen LogP contribution in [0.4, 0.5) is 0 Å². The zero-order valence-electron chi connectivity index (χ0n) is 7.92. The lowest BCUT2D eigenvalue weighted by Gasteiger charge is -2.06. The Morgan fingerprint density at radius 3 is 2.31 bits per heavy atom. The minimum atomic E-state index is 0.0972. The Morgan fingerprint density at radius 2 is 1.69 bits per heavy atom. The highest BCUT2D eigenvalue weighted by molar-refractivity contribution is 6.49. The first kappa shape index (κ1) is 11.5. The zero-order valence-corrected chi connectivity index (χ0v) is 10.2. The van der Waals surface area contributed by atoms with Gasteiger partial charge in [-0.05, 0) is 24.3 Å². The van der Waals surface area contributed by atoms with Crippen LogP contribution in [0.2, 0.25) is 15.1 Å². The third kappa shape index (κ3) is 2.09. The van der Waals surface area contributed by atoms with E-state index in [1.54, 1.807) is 18.2 Å². The summed E-state index contributed by atoms with van der Waals surface area (Å²) in [7, 11) is 0. The van der Waals surface area contributed by atoms with E-state index in [2.05, 4.69) is 4.98 Å². The Bertz CT molecular complexity index is 525. The van der Waals surface area contributed by atoms with E-state index in [9.17, 15) is 0 Å². The fourth-order valence-electron chi connectivity index (χ4n) is 1.27. The summed E-state index contributed by atoms with van der Waals surface area (Å²) < 4.78 is 0. The smallest absolute Gasteiger partial charge is 0.133 e. The molecule has 0 spiro atoms. The maximum absolute atomic E-state index is 9.13. The minimum absolute atomic E-state index is 0.0972. The lowest BCUT2D eigenvalue weighted by molar-refractivity contribution is 0.473. The molecule has 0 aliphatic rings. The average Bonchev–Trinajstić information content (AvgIpc) is 2.28. The molecule has 16 heavy (non-hydrogen) atoms. The van der Waals surface area contributed by atoms with Crippen molar-refractivity contribution in [1.29, 1.82) is 0 Å². The maximum atomic E-state index is 9.13.